The first-order valence-electron chi connectivity index (χ1n) is 13.0. The molecule has 0 aromatic carbocycles. The van der Waals surface area contributed by atoms with Crippen molar-refractivity contribution in [2.45, 2.75) is 155 Å². The van der Waals surface area contributed by atoms with E-state index < -0.39 is 40.3 Å². The molecule has 0 amide bonds. The van der Waals surface area contributed by atoms with E-state index in [-0.39, 0.29) is 0 Å². The van der Waals surface area contributed by atoms with E-state index in [4.69, 9.17) is 1.41 Å². The van der Waals surface area contributed by atoms with Crippen LogP contribution in [0.4, 0.5) is 0 Å². The molecular weight excluding hydrogens is 554 g/mol. The second-order valence-electron chi connectivity index (χ2n) is 9.29. The first kappa shape index (κ1) is 29.6. The number of hydrogen-bond donors (Lipinski definition) is 0. The zero-order valence-electron chi connectivity index (χ0n) is 20.6. The van der Waals surface area contributed by atoms with Crippen LogP contribution in [-0.4, -0.2) is 40.3 Å². The van der Waals surface area contributed by atoms with E-state index in [1.165, 1.54) is 110 Å². The Balaban J connectivity index is 5.42. The molecule has 0 fully saturated rings. The zero-order valence-corrected chi connectivity index (χ0v) is 26.3. The molecule has 0 aliphatic rings. The van der Waals surface area contributed by atoms with Crippen molar-refractivity contribution in [2.75, 3.05) is 0 Å². The molecule has 0 bridgehead atoms. The summed E-state index contributed by atoms with van der Waals surface area (Å²) < 4.78 is 12.7. The van der Waals surface area contributed by atoms with Crippen molar-refractivity contribution in [3.8, 4) is 0 Å². The molecule has 3 heteroatoms. The monoisotopic (exact) mass is 610 g/mol. The normalized spacial score (nSPS) is 12.6. The zero-order chi connectivity index (χ0) is 21.1. The van der Waals surface area contributed by atoms with Crippen LogP contribution in [0.2, 0.25) is 16.7 Å². The minimum absolute atomic E-state index is 0.651. The van der Waals surface area contributed by atoms with Gasteiger partial charge in [0, 0.05) is 0 Å². The Morgan fingerprint density at radius 2 is 0.857 bits per heavy atom. The van der Waals surface area contributed by atoms with Crippen LogP contribution in [0.5, 0.6) is 0 Å². The van der Waals surface area contributed by atoms with Gasteiger partial charge in [-0.1, -0.05) is 0 Å². The molecule has 0 unspecified atom stereocenters. The Morgan fingerprint density at radius 1 is 0.536 bits per heavy atom. The first-order chi connectivity index (χ1) is 13.6. The molecule has 1 nitrogen and oxygen atoms in total. The van der Waals surface area contributed by atoms with E-state index in [9.17, 15) is 0 Å². The third kappa shape index (κ3) is 13.1. The van der Waals surface area contributed by atoms with Crippen molar-refractivity contribution < 1.29 is 1.41 Å². The van der Waals surface area contributed by atoms with Crippen molar-refractivity contribution in [2.24, 2.45) is 0 Å². The number of hydrogen-bond acceptors (Lipinski definition) is 1. The second-order valence-corrected chi connectivity index (χ2v) is 28.4. The van der Waals surface area contributed by atoms with Crippen LogP contribution in [0.3, 0.4) is 0 Å². The molecule has 0 spiro atoms. The molecule has 0 aliphatic heterocycles. The van der Waals surface area contributed by atoms with Gasteiger partial charge in [-0.2, -0.15) is 0 Å². The summed E-state index contributed by atoms with van der Waals surface area (Å²) in [6, 6.07) is 0. The predicted molar refractivity (Wildman–Crippen MR) is 133 cm³/mol. The Kier molecular flexibility index (Phi) is 20.3. The summed E-state index contributed by atoms with van der Waals surface area (Å²) in [5.41, 5.74) is 0. The van der Waals surface area contributed by atoms with E-state index in [1.54, 1.807) is 0 Å². The molecule has 0 atom stereocenters. The quantitative estimate of drug-likeness (QED) is 0.118. The van der Waals surface area contributed by atoms with Gasteiger partial charge in [-0.25, -0.2) is 0 Å². The molecule has 0 aromatic rings. The van der Waals surface area contributed by atoms with Gasteiger partial charge >= 0.3 is 196 Å². The van der Waals surface area contributed by atoms with Gasteiger partial charge in [-0.05, 0) is 0 Å². The summed E-state index contributed by atoms with van der Waals surface area (Å²) in [7, 11) is 0. The molecule has 0 aromatic heterocycles. The van der Waals surface area contributed by atoms with Gasteiger partial charge < -0.3 is 0 Å². The molecule has 0 aliphatic carbocycles. The van der Waals surface area contributed by atoms with Crippen LogP contribution in [0, 0.1) is 0 Å². The van der Waals surface area contributed by atoms with Crippen LogP contribution in [0.15, 0.2) is 0 Å². The van der Waals surface area contributed by atoms with Gasteiger partial charge in [0.05, 0.1) is 0 Å². The van der Waals surface area contributed by atoms with Crippen LogP contribution in [0.25, 0.3) is 0 Å². The SMILES string of the molecule is CCCC[C](CCCC)(CCCC)[Sn][O][Sn]([CH2]CCC)([CH2]CCC)[CH2]CCC. The third-order valence-electron chi connectivity index (χ3n) is 6.47. The van der Waals surface area contributed by atoms with Gasteiger partial charge in [0.25, 0.3) is 0 Å². The average Bonchev–Trinajstić information content (AvgIpc) is 2.73. The molecule has 0 rings (SSSR count). The first-order valence-corrected chi connectivity index (χ1v) is 22.8. The van der Waals surface area contributed by atoms with E-state index in [0.29, 0.717) is 3.43 Å². The van der Waals surface area contributed by atoms with Crippen LogP contribution in [0.1, 0.15) is 138 Å². The van der Waals surface area contributed by atoms with Crippen molar-refractivity contribution >= 4 is 40.3 Å². The summed E-state index contributed by atoms with van der Waals surface area (Å²) in [4.78, 5) is 0. The van der Waals surface area contributed by atoms with Crippen molar-refractivity contribution in [3.05, 3.63) is 0 Å². The summed E-state index contributed by atoms with van der Waals surface area (Å²) in [5.74, 6) is 0. The maximum absolute atomic E-state index is 7.47. The molecular formula is C25H54OSn2. The van der Waals surface area contributed by atoms with E-state index in [1.807, 2.05) is 0 Å². The molecule has 0 heterocycles. The van der Waals surface area contributed by atoms with Crippen LogP contribution >= 0.6 is 0 Å². The van der Waals surface area contributed by atoms with Gasteiger partial charge in [0.15, 0.2) is 0 Å². The summed E-state index contributed by atoms with van der Waals surface area (Å²) in [6.07, 6.45) is 21.2. The molecule has 28 heavy (non-hydrogen) atoms. The summed E-state index contributed by atoms with van der Waals surface area (Å²) in [5, 5.41) is 0. The van der Waals surface area contributed by atoms with Crippen molar-refractivity contribution in [1.29, 1.82) is 0 Å². The van der Waals surface area contributed by atoms with E-state index in [2.05, 4.69) is 41.5 Å². The van der Waals surface area contributed by atoms with Crippen molar-refractivity contribution in [1.82, 2.24) is 0 Å². The molecule has 2 radical (unpaired) electrons. The van der Waals surface area contributed by atoms with Crippen molar-refractivity contribution in [3.63, 3.8) is 0 Å². The fourth-order valence-corrected chi connectivity index (χ4v) is 33.6. The molecule has 168 valence electrons. The molecule has 0 saturated carbocycles. The number of unbranched alkanes of at least 4 members (excludes halogenated alkanes) is 6. The summed E-state index contributed by atoms with van der Waals surface area (Å²) in [6.45, 7) is 14.3. The van der Waals surface area contributed by atoms with Gasteiger partial charge in [-0.15, -0.1) is 0 Å². The summed E-state index contributed by atoms with van der Waals surface area (Å²) >= 11 is -3.18. The predicted octanol–water partition coefficient (Wildman–Crippen LogP) is 9.70. The van der Waals surface area contributed by atoms with Crippen LogP contribution in [-0.2, 0) is 1.41 Å². The van der Waals surface area contributed by atoms with Gasteiger partial charge in [-0.3, -0.25) is 0 Å². The van der Waals surface area contributed by atoms with E-state index in [0.717, 1.165) is 0 Å². The maximum atomic E-state index is 7.47. The Morgan fingerprint density at radius 3 is 1.14 bits per heavy atom. The molecule has 0 N–H and O–H groups in total. The fraction of sp³-hybridized carbons (Fsp3) is 1.00. The average molecular weight is 608 g/mol. The van der Waals surface area contributed by atoms with E-state index >= 15 is 0 Å². The Bertz CT molecular complexity index is 257. The van der Waals surface area contributed by atoms with Gasteiger partial charge in [0.1, 0.15) is 0 Å². The minimum atomic E-state index is -2.40. The Labute approximate surface area is 195 Å². The molecule has 0 saturated heterocycles. The fourth-order valence-electron chi connectivity index (χ4n) is 4.32. The van der Waals surface area contributed by atoms with Crippen LogP contribution < -0.4 is 0 Å². The van der Waals surface area contributed by atoms with Gasteiger partial charge in [0.2, 0.25) is 0 Å². The standard InChI is InChI=1S/C13H27.3C4H9.O.2Sn/c1-4-7-10-13(11-8-5-2)12-9-6-3;3*1-3-4-2;;;/h4-12H2,1-3H3;3*1,3-4H2,2H3;;;. The number of rotatable bonds is 21. The topological polar surface area (TPSA) is 9.23 Å². The second kappa shape index (κ2) is 19.3. The Hall–Kier alpha value is 1.56. The third-order valence-corrected chi connectivity index (χ3v) is 32.4.